The Kier molecular flexibility index (Phi) is 117. The topological polar surface area (TPSA) is 132 Å². The lowest BCUT2D eigenvalue weighted by Crippen LogP contribution is -2.09. The SMILES string of the molecule is C=CC(=O)OCCC(CCCCCCC)CCCCCCCC.C=CC(=O)OCCC(CCCCCCC)CCCCCCCCC.C=CC(=O)OCCC(CCCCCCCC)CCCCCCCC.C=CC(=O)OCCC(CCCCCCCC)CCCCCCCCC.C=CC(=O)OCCC(CCCCCCCCC)CCCCCCCCC. The van der Waals surface area contributed by atoms with Crippen LogP contribution < -0.4 is 0 Å². The van der Waals surface area contributed by atoms with Gasteiger partial charge < -0.3 is 23.7 Å². The number of hydrogen-bond acceptors (Lipinski definition) is 10. The second-order valence-corrected chi connectivity index (χ2v) is 36.4. The quantitative estimate of drug-likeness (QED) is 0.0251. The molecule has 722 valence electrons. The highest BCUT2D eigenvalue weighted by molar-refractivity contribution is 5.82. The van der Waals surface area contributed by atoms with Gasteiger partial charge in [0.2, 0.25) is 0 Å². The molecule has 0 aliphatic rings. The van der Waals surface area contributed by atoms with Crippen LogP contribution in [0.25, 0.3) is 0 Å². The number of unbranched alkanes of at least 4 members (excludes halogenated alkanes) is 52. The molecule has 0 aliphatic carbocycles. The summed E-state index contributed by atoms with van der Waals surface area (Å²) in [5, 5.41) is 0. The van der Waals surface area contributed by atoms with Gasteiger partial charge in [0.25, 0.3) is 0 Å². The van der Waals surface area contributed by atoms with Crippen LogP contribution in [-0.4, -0.2) is 62.9 Å². The molecule has 3 atom stereocenters. The van der Waals surface area contributed by atoms with Crippen molar-refractivity contribution in [1.82, 2.24) is 0 Å². The van der Waals surface area contributed by atoms with Crippen molar-refractivity contribution in [2.45, 2.75) is 564 Å². The molecule has 0 radical (unpaired) electrons. The van der Waals surface area contributed by atoms with Crippen molar-refractivity contribution in [3.8, 4) is 0 Å². The molecule has 0 amide bonds. The van der Waals surface area contributed by atoms with Gasteiger partial charge in [-0.1, -0.05) is 564 Å². The van der Waals surface area contributed by atoms with Gasteiger partial charge in [0.15, 0.2) is 0 Å². The summed E-state index contributed by atoms with van der Waals surface area (Å²) in [5.74, 6) is 2.19. The molecule has 0 aliphatic heterocycles. The van der Waals surface area contributed by atoms with Crippen LogP contribution in [0.4, 0.5) is 0 Å². The van der Waals surface area contributed by atoms with Crippen LogP contribution in [0.15, 0.2) is 63.3 Å². The zero-order valence-corrected chi connectivity index (χ0v) is 83.9. The molecular formula is C112H214O10. The highest BCUT2D eigenvalue weighted by Gasteiger charge is 2.16. The lowest BCUT2D eigenvalue weighted by atomic mass is 9.91. The molecule has 0 aromatic rings. The van der Waals surface area contributed by atoms with Crippen LogP contribution in [0, 0.1) is 29.6 Å². The molecule has 0 heterocycles. The predicted molar refractivity (Wildman–Crippen MR) is 535 cm³/mol. The van der Waals surface area contributed by atoms with E-state index in [1.807, 2.05) is 0 Å². The Morgan fingerprint density at radius 1 is 0.156 bits per heavy atom. The van der Waals surface area contributed by atoms with Crippen molar-refractivity contribution in [1.29, 1.82) is 0 Å². The average molecular weight is 1720 g/mol. The Labute approximate surface area is 762 Å². The molecule has 0 rings (SSSR count). The van der Waals surface area contributed by atoms with Crippen LogP contribution in [0.3, 0.4) is 0 Å². The minimum Gasteiger partial charge on any atom is -0.463 e. The van der Waals surface area contributed by atoms with E-state index >= 15 is 0 Å². The summed E-state index contributed by atoms with van der Waals surface area (Å²) in [6.45, 7) is 42.7. The summed E-state index contributed by atoms with van der Waals surface area (Å²) < 4.78 is 25.9. The van der Waals surface area contributed by atoms with Gasteiger partial charge in [-0.05, 0) is 61.7 Å². The Morgan fingerprint density at radius 3 is 0.336 bits per heavy atom. The lowest BCUT2D eigenvalue weighted by molar-refractivity contribution is -0.139. The summed E-state index contributed by atoms with van der Waals surface area (Å²) in [5.41, 5.74) is 0. The second-order valence-electron chi connectivity index (χ2n) is 36.4. The Bertz CT molecular complexity index is 2100. The molecule has 3 unspecified atom stereocenters. The van der Waals surface area contributed by atoms with Crippen molar-refractivity contribution in [3.05, 3.63) is 63.3 Å². The Hall–Kier alpha value is -3.95. The van der Waals surface area contributed by atoms with E-state index in [0.717, 1.165) is 61.7 Å². The van der Waals surface area contributed by atoms with Gasteiger partial charge in [-0.25, -0.2) is 24.0 Å². The standard InChI is InChI=1S/C24H46O2.C23H44O2.2C22H42O2.C21H40O2/c1-4-7-9-11-13-15-17-19-23(21-22-26-24(25)6-3)20-18-16-14-12-10-8-5-2;1-4-7-9-11-13-15-17-19-22(20-21-25-23(24)6-3)18-16-14-12-10-8-5-2;1-4-7-9-11-12-14-16-18-21(17-15-13-10-8-5-2)19-20-24-22(23)6-3;1-4-7-9-11-13-15-17-21(19-20-24-22(23)6-3)18-16-14-12-10-8-5-2;1-4-7-9-11-13-15-17-20(16-14-12-10-8-5-2)18-19-23-21(22)6-3/h6,23H,3-5,7-22H2,1-2H3;6,22H,3-5,7-21H2,1-2H3;2*6,21H,3-5,7-20H2,1-2H3;6,20H,3-5,7-19H2,1-2H3. The molecule has 0 saturated carbocycles. The number of esters is 5. The van der Waals surface area contributed by atoms with E-state index in [0.29, 0.717) is 33.0 Å². The van der Waals surface area contributed by atoms with Crippen LogP contribution >= 0.6 is 0 Å². The van der Waals surface area contributed by atoms with Gasteiger partial charge >= 0.3 is 29.8 Å². The molecule has 0 N–H and O–H groups in total. The number of carbonyl (C=O) groups is 5. The molecule has 122 heavy (non-hydrogen) atoms. The molecule has 0 fully saturated rings. The van der Waals surface area contributed by atoms with Crippen LogP contribution in [0.5, 0.6) is 0 Å². The van der Waals surface area contributed by atoms with E-state index in [4.69, 9.17) is 23.7 Å². The minimum atomic E-state index is -0.286. The summed E-state index contributed by atoms with van der Waals surface area (Å²) in [7, 11) is 0. The second kappa shape index (κ2) is 113. The summed E-state index contributed by atoms with van der Waals surface area (Å²) in [4.78, 5) is 55.9. The first-order valence-corrected chi connectivity index (χ1v) is 53.7. The highest BCUT2D eigenvalue weighted by atomic mass is 16.5. The van der Waals surface area contributed by atoms with Gasteiger partial charge in [-0.15, -0.1) is 0 Å². The van der Waals surface area contributed by atoms with E-state index in [-0.39, 0.29) is 29.8 Å². The van der Waals surface area contributed by atoms with Crippen molar-refractivity contribution in [2.75, 3.05) is 33.0 Å². The molecule has 10 heteroatoms. The van der Waals surface area contributed by atoms with E-state index < -0.39 is 0 Å². The average Bonchev–Trinajstić information content (AvgIpc) is 1.01. The molecule has 0 aromatic carbocycles. The van der Waals surface area contributed by atoms with Crippen molar-refractivity contribution < 1.29 is 47.7 Å². The Balaban J connectivity index is -0.000000468. The van der Waals surface area contributed by atoms with E-state index in [1.54, 1.807) is 0 Å². The van der Waals surface area contributed by atoms with Gasteiger partial charge in [-0.3, -0.25) is 0 Å². The molecule has 0 aromatic heterocycles. The third-order valence-corrected chi connectivity index (χ3v) is 24.8. The summed E-state index contributed by atoms with van der Waals surface area (Å²) in [6.07, 6.45) is 109. The first-order valence-electron chi connectivity index (χ1n) is 53.7. The van der Waals surface area contributed by atoms with Crippen molar-refractivity contribution >= 4 is 29.8 Å². The number of hydrogen-bond donors (Lipinski definition) is 0. The largest absolute Gasteiger partial charge is 0.463 e. The first kappa shape index (κ1) is 127. The maximum Gasteiger partial charge on any atom is 0.330 e. The van der Waals surface area contributed by atoms with Gasteiger partial charge in [0.1, 0.15) is 0 Å². The highest BCUT2D eigenvalue weighted by Crippen LogP contribution is 2.29. The number of ether oxygens (including phenoxy) is 5. The van der Waals surface area contributed by atoms with E-state index in [1.165, 1.54) is 493 Å². The fourth-order valence-corrected chi connectivity index (χ4v) is 16.6. The van der Waals surface area contributed by atoms with Crippen LogP contribution in [0.2, 0.25) is 0 Å². The van der Waals surface area contributed by atoms with Crippen molar-refractivity contribution in [3.63, 3.8) is 0 Å². The first-order chi connectivity index (χ1) is 59.7. The van der Waals surface area contributed by atoms with Crippen LogP contribution in [0.1, 0.15) is 564 Å². The molecular weight excluding hydrogens is 1510 g/mol. The zero-order valence-electron chi connectivity index (χ0n) is 83.9. The number of carbonyl (C=O) groups excluding carboxylic acids is 5. The van der Waals surface area contributed by atoms with Crippen LogP contribution in [-0.2, 0) is 47.7 Å². The maximum atomic E-state index is 11.2. The van der Waals surface area contributed by atoms with Gasteiger partial charge in [0, 0.05) is 30.4 Å². The van der Waals surface area contributed by atoms with Gasteiger partial charge in [-0.2, -0.15) is 0 Å². The maximum absolute atomic E-state index is 11.2. The van der Waals surface area contributed by atoms with Gasteiger partial charge in [0.05, 0.1) is 33.0 Å². The Morgan fingerprint density at radius 2 is 0.246 bits per heavy atom. The fourth-order valence-electron chi connectivity index (χ4n) is 16.6. The summed E-state index contributed by atoms with van der Waals surface area (Å²) in [6, 6.07) is 0. The molecule has 0 bridgehead atoms. The molecule has 0 spiro atoms. The third-order valence-electron chi connectivity index (χ3n) is 24.8. The van der Waals surface area contributed by atoms with E-state index in [2.05, 4.69) is 102 Å². The smallest absolute Gasteiger partial charge is 0.330 e. The predicted octanol–water partition coefficient (Wildman–Crippen LogP) is 36.9. The lowest BCUT2D eigenvalue weighted by Gasteiger charge is -2.17. The minimum absolute atomic E-state index is 0.282. The summed E-state index contributed by atoms with van der Waals surface area (Å²) >= 11 is 0. The van der Waals surface area contributed by atoms with E-state index in [9.17, 15) is 24.0 Å². The zero-order chi connectivity index (χ0) is 90.8. The fraction of sp³-hybridized carbons (Fsp3) is 0.866. The van der Waals surface area contributed by atoms with Crippen molar-refractivity contribution in [2.24, 2.45) is 29.6 Å². The third kappa shape index (κ3) is 110. The molecule has 0 saturated heterocycles. The number of rotatable bonds is 92. The monoisotopic (exact) mass is 1720 g/mol. The normalized spacial score (nSPS) is 11.6. The molecule has 10 nitrogen and oxygen atoms in total.